The highest BCUT2D eigenvalue weighted by molar-refractivity contribution is 9.10. The average Bonchev–Trinajstić information content (AvgIpc) is 2.28. The van der Waals surface area contributed by atoms with Crippen LogP contribution in [0.4, 0.5) is 4.39 Å². The highest BCUT2D eigenvalue weighted by Gasteiger charge is 2.29. The first-order valence-electron chi connectivity index (χ1n) is 5.84. The van der Waals surface area contributed by atoms with Crippen molar-refractivity contribution in [2.75, 3.05) is 0 Å². The fourth-order valence-electron chi connectivity index (χ4n) is 1.42. The van der Waals surface area contributed by atoms with Crippen LogP contribution in [0.15, 0.2) is 22.7 Å². The Kier molecular flexibility index (Phi) is 4.85. The third kappa shape index (κ3) is 4.42. The van der Waals surface area contributed by atoms with E-state index in [-0.39, 0.29) is 5.56 Å². The number of halogens is 2. The van der Waals surface area contributed by atoms with Crippen LogP contribution in [0.5, 0.6) is 0 Å². The number of hydrogen-bond donors (Lipinski definition) is 0. The van der Waals surface area contributed by atoms with Crippen LogP contribution in [-0.2, 0) is 9.53 Å². The number of carbonyl (C=O) groups is 2. The predicted molar refractivity (Wildman–Crippen MR) is 73.4 cm³/mol. The van der Waals surface area contributed by atoms with Gasteiger partial charge in [-0.2, -0.15) is 0 Å². The molecule has 0 amide bonds. The lowest BCUT2D eigenvalue weighted by Gasteiger charge is -2.21. The smallest absolute Gasteiger partial charge is 0.317 e. The molecule has 1 atom stereocenters. The Balaban J connectivity index is 2.94. The number of hydrogen-bond acceptors (Lipinski definition) is 3. The normalized spacial score (nSPS) is 12.9. The van der Waals surface area contributed by atoms with Gasteiger partial charge in [-0.25, -0.2) is 4.39 Å². The Hall–Kier alpha value is -1.23. The second-order valence-corrected chi connectivity index (χ2v) is 6.16. The van der Waals surface area contributed by atoms with Crippen molar-refractivity contribution in [3.8, 4) is 0 Å². The predicted octanol–water partition coefficient (Wildman–Crippen LogP) is 3.75. The number of carbonyl (C=O) groups excluding carboxylic acids is 2. The van der Waals surface area contributed by atoms with Gasteiger partial charge in [0.05, 0.1) is 5.56 Å². The standard InChI is InChI=1S/C14H16BrFO3/c1-8(13(18)19-14(2,3)4)12(17)10-7-9(15)5-6-11(10)16/h5-8H,1-4H3. The van der Waals surface area contributed by atoms with E-state index in [1.54, 1.807) is 20.8 Å². The van der Waals surface area contributed by atoms with Crippen molar-refractivity contribution < 1.29 is 18.7 Å². The zero-order valence-corrected chi connectivity index (χ0v) is 12.9. The van der Waals surface area contributed by atoms with Gasteiger partial charge in [0.25, 0.3) is 0 Å². The molecule has 0 aliphatic rings. The van der Waals surface area contributed by atoms with Crippen LogP contribution >= 0.6 is 15.9 Å². The summed E-state index contributed by atoms with van der Waals surface area (Å²) in [6.07, 6.45) is 0. The molecule has 0 saturated heterocycles. The molecule has 1 unspecified atom stereocenters. The van der Waals surface area contributed by atoms with E-state index >= 15 is 0 Å². The van der Waals surface area contributed by atoms with Crippen molar-refractivity contribution in [2.45, 2.75) is 33.3 Å². The molecule has 104 valence electrons. The van der Waals surface area contributed by atoms with Crippen molar-refractivity contribution in [1.82, 2.24) is 0 Å². The summed E-state index contributed by atoms with van der Waals surface area (Å²) in [6.45, 7) is 6.54. The SMILES string of the molecule is CC(C(=O)OC(C)(C)C)C(=O)c1cc(Br)ccc1F. The van der Waals surface area contributed by atoms with Crippen LogP contribution < -0.4 is 0 Å². The molecular weight excluding hydrogens is 315 g/mol. The van der Waals surface area contributed by atoms with Gasteiger partial charge in [-0.3, -0.25) is 9.59 Å². The molecule has 1 aromatic carbocycles. The molecule has 0 aliphatic carbocycles. The van der Waals surface area contributed by atoms with Crippen LogP contribution in [0.3, 0.4) is 0 Å². The lowest BCUT2D eigenvalue weighted by atomic mass is 9.99. The third-order valence-electron chi connectivity index (χ3n) is 2.35. The fourth-order valence-corrected chi connectivity index (χ4v) is 1.78. The van der Waals surface area contributed by atoms with Crippen LogP contribution in [0.1, 0.15) is 38.1 Å². The van der Waals surface area contributed by atoms with Crippen LogP contribution in [0, 0.1) is 11.7 Å². The number of Topliss-reactive ketones (excluding diaryl/α,β-unsaturated/α-hetero) is 1. The molecule has 19 heavy (non-hydrogen) atoms. The van der Waals surface area contributed by atoms with E-state index in [1.165, 1.54) is 25.1 Å². The zero-order valence-electron chi connectivity index (χ0n) is 11.3. The van der Waals surface area contributed by atoms with Crippen molar-refractivity contribution >= 4 is 27.7 Å². The molecule has 5 heteroatoms. The molecule has 3 nitrogen and oxygen atoms in total. The van der Waals surface area contributed by atoms with Crippen molar-refractivity contribution in [3.05, 3.63) is 34.1 Å². The second-order valence-electron chi connectivity index (χ2n) is 5.24. The summed E-state index contributed by atoms with van der Waals surface area (Å²) in [6, 6.07) is 4.03. The van der Waals surface area contributed by atoms with Gasteiger partial charge >= 0.3 is 5.97 Å². The third-order valence-corrected chi connectivity index (χ3v) is 2.84. The Bertz CT molecular complexity index is 506. The molecule has 0 bridgehead atoms. The van der Waals surface area contributed by atoms with Crippen LogP contribution in [0.25, 0.3) is 0 Å². The summed E-state index contributed by atoms with van der Waals surface area (Å²) in [5.74, 6) is -2.93. The molecule has 0 spiro atoms. The Labute approximate surface area is 120 Å². The Morgan fingerprint density at radius 1 is 1.32 bits per heavy atom. The van der Waals surface area contributed by atoms with Gasteiger partial charge in [0.1, 0.15) is 17.3 Å². The van der Waals surface area contributed by atoms with Crippen molar-refractivity contribution in [1.29, 1.82) is 0 Å². The monoisotopic (exact) mass is 330 g/mol. The fraction of sp³-hybridized carbons (Fsp3) is 0.429. The van der Waals surface area contributed by atoms with Gasteiger partial charge in [0, 0.05) is 4.47 Å². The second kappa shape index (κ2) is 5.82. The Morgan fingerprint density at radius 3 is 2.42 bits per heavy atom. The molecule has 0 saturated carbocycles. The minimum absolute atomic E-state index is 0.118. The van der Waals surface area contributed by atoms with Gasteiger partial charge in [-0.15, -0.1) is 0 Å². The molecule has 0 aliphatic heterocycles. The number of benzene rings is 1. The van der Waals surface area contributed by atoms with Gasteiger partial charge < -0.3 is 4.74 Å². The summed E-state index contributed by atoms with van der Waals surface area (Å²) in [5, 5.41) is 0. The highest BCUT2D eigenvalue weighted by atomic mass is 79.9. The van der Waals surface area contributed by atoms with E-state index < -0.39 is 29.1 Å². The van der Waals surface area contributed by atoms with Gasteiger partial charge in [0.2, 0.25) is 0 Å². The molecule has 1 aromatic rings. The van der Waals surface area contributed by atoms with E-state index in [1.807, 2.05) is 0 Å². The van der Waals surface area contributed by atoms with Crippen LogP contribution in [-0.4, -0.2) is 17.4 Å². The Morgan fingerprint density at radius 2 is 1.89 bits per heavy atom. The molecule has 0 radical (unpaired) electrons. The quantitative estimate of drug-likeness (QED) is 0.481. The topological polar surface area (TPSA) is 43.4 Å². The lowest BCUT2D eigenvalue weighted by Crippen LogP contribution is -2.31. The molecule has 0 fully saturated rings. The van der Waals surface area contributed by atoms with Gasteiger partial charge in [0.15, 0.2) is 5.78 Å². The largest absolute Gasteiger partial charge is 0.459 e. The van der Waals surface area contributed by atoms with E-state index in [0.29, 0.717) is 4.47 Å². The van der Waals surface area contributed by atoms with Gasteiger partial charge in [-0.05, 0) is 45.9 Å². The maximum absolute atomic E-state index is 13.6. The summed E-state index contributed by atoms with van der Waals surface area (Å²) < 4.78 is 19.3. The number of esters is 1. The van der Waals surface area contributed by atoms with Crippen molar-refractivity contribution in [3.63, 3.8) is 0 Å². The first-order chi connectivity index (χ1) is 8.61. The lowest BCUT2D eigenvalue weighted by molar-refractivity contribution is -0.157. The van der Waals surface area contributed by atoms with Gasteiger partial charge in [-0.1, -0.05) is 15.9 Å². The minimum Gasteiger partial charge on any atom is -0.459 e. The zero-order chi connectivity index (χ0) is 14.8. The van der Waals surface area contributed by atoms with Crippen LogP contribution in [0.2, 0.25) is 0 Å². The minimum atomic E-state index is -1.04. The van der Waals surface area contributed by atoms with E-state index in [4.69, 9.17) is 4.74 Å². The summed E-state index contributed by atoms with van der Waals surface area (Å²) >= 11 is 3.16. The van der Waals surface area contributed by atoms with E-state index in [0.717, 1.165) is 0 Å². The van der Waals surface area contributed by atoms with Crippen molar-refractivity contribution in [2.24, 2.45) is 5.92 Å². The molecule has 0 N–H and O–H groups in total. The number of rotatable bonds is 3. The maximum Gasteiger partial charge on any atom is 0.317 e. The maximum atomic E-state index is 13.6. The summed E-state index contributed by atoms with van der Waals surface area (Å²) in [7, 11) is 0. The molecule has 0 heterocycles. The first kappa shape index (κ1) is 15.8. The number of ketones is 1. The summed E-state index contributed by atoms with van der Waals surface area (Å²) in [5.41, 5.74) is -0.797. The molecular formula is C14H16BrFO3. The average molecular weight is 331 g/mol. The molecule has 0 aromatic heterocycles. The highest BCUT2D eigenvalue weighted by Crippen LogP contribution is 2.20. The summed E-state index contributed by atoms with van der Waals surface area (Å²) in [4.78, 5) is 23.9. The molecule has 1 rings (SSSR count). The number of ether oxygens (including phenoxy) is 1. The van der Waals surface area contributed by atoms with E-state index in [2.05, 4.69) is 15.9 Å². The first-order valence-corrected chi connectivity index (χ1v) is 6.63. The van der Waals surface area contributed by atoms with E-state index in [9.17, 15) is 14.0 Å².